The average Bonchev–Trinajstić information content (AvgIpc) is 2.96. The molecule has 0 radical (unpaired) electrons. The summed E-state index contributed by atoms with van der Waals surface area (Å²) in [4.78, 5) is 22.8. The van der Waals surface area contributed by atoms with Gasteiger partial charge in [-0.15, -0.1) is 21.8 Å². The zero-order valence-corrected chi connectivity index (χ0v) is 13.6. The minimum absolute atomic E-state index is 0.0761. The molecule has 2 aromatic rings. The first-order chi connectivity index (χ1) is 11.5. The van der Waals surface area contributed by atoms with Gasteiger partial charge in [-0.1, -0.05) is 11.3 Å². The lowest BCUT2D eigenvalue weighted by molar-refractivity contribution is -0.120. The molecule has 0 spiro atoms. The fourth-order valence-corrected chi connectivity index (χ4v) is 2.34. The standard InChI is InChI=1S/C13H12ClN5O4S/c14-5-11(23)16-13-19-18-12(24-13)4-10(22)17-15-6-7-1-2-8(20)3-9(7)21/h1-3,6,20-21H,4-5H2,(H,17,22)(H,16,19,23)/b15-6-. The molecule has 0 saturated heterocycles. The highest BCUT2D eigenvalue weighted by molar-refractivity contribution is 7.15. The van der Waals surface area contributed by atoms with Crippen LogP contribution in [0.15, 0.2) is 23.3 Å². The highest BCUT2D eigenvalue weighted by Crippen LogP contribution is 2.20. The van der Waals surface area contributed by atoms with Crippen LogP contribution in [-0.2, 0) is 16.0 Å². The Morgan fingerprint density at radius 1 is 1.29 bits per heavy atom. The molecule has 0 aliphatic carbocycles. The summed E-state index contributed by atoms with van der Waals surface area (Å²) in [7, 11) is 0. The minimum Gasteiger partial charge on any atom is -0.508 e. The number of carbonyl (C=O) groups is 2. The number of rotatable bonds is 6. The number of carbonyl (C=O) groups excluding carboxylic acids is 2. The number of halogens is 1. The molecular weight excluding hydrogens is 358 g/mol. The van der Waals surface area contributed by atoms with Crippen LogP contribution in [0.3, 0.4) is 0 Å². The molecule has 9 nitrogen and oxygen atoms in total. The van der Waals surface area contributed by atoms with E-state index in [0.717, 1.165) is 17.4 Å². The SMILES string of the molecule is O=C(Cc1nnc(NC(=O)CCl)s1)N/N=C\c1ccc(O)cc1O. The summed E-state index contributed by atoms with van der Waals surface area (Å²) in [5, 5.41) is 33.0. The first-order valence-electron chi connectivity index (χ1n) is 6.50. The summed E-state index contributed by atoms with van der Waals surface area (Å²) in [6.45, 7) is 0. The van der Waals surface area contributed by atoms with Gasteiger partial charge in [0.1, 0.15) is 22.4 Å². The minimum atomic E-state index is -0.448. The maximum absolute atomic E-state index is 11.7. The molecule has 0 aliphatic rings. The van der Waals surface area contributed by atoms with Gasteiger partial charge in [-0.2, -0.15) is 5.10 Å². The molecule has 0 bridgehead atoms. The van der Waals surface area contributed by atoms with E-state index < -0.39 is 11.8 Å². The van der Waals surface area contributed by atoms with Crippen molar-refractivity contribution in [2.75, 3.05) is 11.2 Å². The van der Waals surface area contributed by atoms with Crippen LogP contribution >= 0.6 is 22.9 Å². The second kappa shape index (κ2) is 8.22. The van der Waals surface area contributed by atoms with E-state index in [2.05, 4.69) is 26.0 Å². The Morgan fingerprint density at radius 2 is 2.08 bits per heavy atom. The van der Waals surface area contributed by atoms with Crippen molar-refractivity contribution in [2.45, 2.75) is 6.42 Å². The lowest BCUT2D eigenvalue weighted by Crippen LogP contribution is -2.19. The van der Waals surface area contributed by atoms with Crippen LogP contribution in [0.1, 0.15) is 10.6 Å². The summed E-state index contributed by atoms with van der Waals surface area (Å²) >= 11 is 6.40. The van der Waals surface area contributed by atoms with Crippen molar-refractivity contribution in [1.29, 1.82) is 0 Å². The molecule has 0 atom stereocenters. The Balaban J connectivity index is 1.87. The maximum atomic E-state index is 11.7. The summed E-state index contributed by atoms with van der Waals surface area (Å²) in [6.07, 6.45) is 1.16. The Hall–Kier alpha value is -2.72. The van der Waals surface area contributed by atoms with Gasteiger partial charge >= 0.3 is 0 Å². The number of anilines is 1. The topological polar surface area (TPSA) is 137 Å². The van der Waals surface area contributed by atoms with E-state index in [1.807, 2.05) is 0 Å². The number of aromatic nitrogens is 2. The number of hydrogen-bond acceptors (Lipinski definition) is 8. The molecule has 2 rings (SSSR count). The number of nitrogens with zero attached hydrogens (tertiary/aromatic N) is 3. The largest absolute Gasteiger partial charge is 0.508 e. The number of phenols is 2. The van der Waals surface area contributed by atoms with E-state index in [4.69, 9.17) is 16.7 Å². The predicted octanol–water partition coefficient (Wildman–Crippen LogP) is 0.819. The summed E-state index contributed by atoms with van der Waals surface area (Å²) in [5.74, 6) is -1.31. The van der Waals surface area contributed by atoms with Crippen LogP contribution < -0.4 is 10.7 Å². The molecule has 4 N–H and O–H groups in total. The number of hydrogen-bond donors (Lipinski definition) is 4. The molecule has 126 valence electrons. The molecule has 11 heteroatoms. The van der Waals surface area contributed by atoms with Crippen molar-refractivity contribution in [1.82, 2.24) is 15.6 Å². The molecule has 24 heavy (non-hydrogen) atoms. The Morgan fingerprint density at radius 3 is 2.79 bits per heavy atom. The number of phenolic OH excluding ortho intramolecular Hbond substituents is 2. The number of aromatic hydroxyl groups is 2. The van der Waals surface area contributed by atoms with Crippen LogP contribution in [-0.4, -0.2) is 44.3 Å². The van der Waals surface area contributed by atoms with Gasteiger partial charge in [-0.25, -0.2) is 5.43 Å². The third-order valence-electron chi connectivity index (χ3n) is 2.55. The van der Waals surface area contributed by atoms with Crippen LogP contribution in [0.25, 0.3) is 0 Å². The molecule has 0 unspecified atom stereocenters. The number of alkyl halides is 1. The molecule has 1 heterocycles. The van der Waals surface area contributed by atoms with Crippen LogP contribution in [0.2, 0.25) is 0 Å². The average molecular weight is 370 g/mol. The van der Waals surface area contributed by atoms with Gasteiger partial charge in [-0.3, -0.25) is 14.9 Å². The number of hydrazone groups is 1. The Bertz CT molecular complexity index is 779. The normalized spacial score (nSPS) is 10.7. The van der Waals surface area contributed by atoms with E-state index in [9.17, 15) is 14.7 Å². The number of benzene rings is 1. The number of amides is 2. The highest BCUT2D eigenvalue weighted by atomic mass is 35.5. The van der Waals surface area contributed by atoms with Crippen molar-refractivity contribution < 1.29 is 19.8 Å². The van der Waals surface area contributed by atoms with E-state index in [0.29, 0.717) is 10.6 Å². The number of nitrogens with one attached hydrogen (secondary N) is 2. The lowest BCUT2D eigenvalue weighted by atomic mass is 10.2. The molecular formula is C13H12ClN5O4S. The summed E-state index contributed by atoms with van der Waals surface area (Å²) < 4.78 is 0. The fourth-order valence-electron chi connectivity index (χ4n) is 1.52. The first kappa shape index (κ1) is 17.6. The van der Waals surface area contributed by atoms with Crippen molar-refractivity contribution >= 4 is 46.1 Å². The Kier molecular flexibility index (Phi) is 6.04. The van der Waals surface area contributed by atoms with Crippen LogP contribution in [0.4, 0.5) is 5.13 Å². The third kappa shape index (κ3) is 5.18. The van der Waals surface area contributed by atoms with E-state index in [1.165, 1.54) is 18.3 Å². The molecule has 0 fully saturated rings. The van der Waals surface area contributed by atoms with Crippen LogP contribution in [0, 0.1) is 0 Å². The van der Waals surface area contributed by atoms with Crippen molar-refractivity contribution in [3.8, 4) is 11.5 Å². The van der Waals surface area contributed by atoms with Gasteiger partial charge in [0.05, 0.1) is 12.6 Å². The van der Waals surface area contributed by atoms with Gasteiger partial charge in [-0.05, 0) is 12.1 Å². The lowest BCUT2D eigenvalue weighted by Gasteiger charge is -1.99. The predicted molar refractivity (Wildman–Crippen MR) is 88.5 cm³/mol. The molecule has 2 amide bonds. The van der Waals surface area contributed by atoms with Gasteiger partial charge in [0.15, 0.2) is 0 Å². The van der Waals surface area contributed by atoms with Crippen molar-refractivity contribution in [3.05, 3.63) is 28.8 Å². The second-order valence-corrected chi connectivity index (χ2v) is 5.73. The fraction of sp³-hybridized carbons (Fsp3) is 0.154. The van der Waals surface area contributed by atoms with E-state index >= 15 is 0 Å². The summed E-state index contributed by atoms with van der Waals surface area (Å²) in [5.41, 5.74) is 2.60. The zero-order valence-electron chi connectivity index (χ0n) is 12.1. The van der Waals surface area contributed by atoms with Crippen molar-refractivity contribution in [3.63, 3.8) is 0 Å². The third-order valence-corrected chi connectivity index (χ3v) is 3.63. The smallest absolute Gasteiger partial charge is 0.247 e. The molecule has 0 aliphatic heterocycles. The van der Waals surface area contributed by atoms with Gasteiger partial charge < -0.3 is 10.2 Å². The monoisotopic (exact) mass is 369 g/mol. The quantitative estimate of drug-likeness (QED) is 0.338. The van der Waals surface area contributed by atoms with Gasteiger partial charge in [0.2, 0.25) is 16.9 Å². The first-order valence-corrected chi connectivity index (χ1v) is 7.85. The van der Waals surface area contributed by atoms with Crippen molar-refractivity contribution in [2.24, 2.45) is 5.10 Å². The Labute approximate surface area is 145 Å². The maximum Gasteiger partial charge on any atom is 0.247 e. The molecule has 1 aromatic carbocycles. The van der Waals surface area contributed by atoms with Gasteiger partial charge in [0, 0.05) is 11.6 Å². The molecule has 0 saturated carbocycles. The summed E-state index contributed by atoms with van der Waals surface area (Å²) in [6, 6.07) is 3.97. The zero-order chi connectivity index (χ0) is 17.5. The van der Waals surface area contributed by atoms with E-state index in [1.54, 1.807) is 0 Å². The molecule has 1 aromatic heterocycles. The van der Waals surface area contributed by atoms with E-state index in [-0.39, 0.29) is 28.9 Å². The van der Waals surface area contributed by atoms with Crippen LogP contribution in [0.5, 0.6) is 11.5 Å². The second-order valence-electron chi connectivity index (χ2n) is 4.40. The highest BCUT2D eigenvalue weighted by Gasteiger charge is 2.10. The van der Waals surface area contributed by atoms with Gasteiger partial charge in [0.25, 0.3) is 0 Å².